The molecule has 0 aliphatic rings. The summed E-state index contributed by atoms with van der Waals surface area (Å²) in [5.74, 6) is -0.953. The Kier molecular flexibility index (Phi) is 4.92. The van der Waals surface area contributed by atoms with Crippen LogP contribution in [0.3, 0.4) is 0 Å². The van der Waals surface area contributed by atoms with Crippen molar-refractivity contribution in [3.8, 4) is 0 Å². The van der Waals surface area contributed by atoms with Gasteiger partial charge in [0.15, 0.2) is 0 Å². The molecule has 1 aromatic rings. The molecule has 0 atom stereocenters. The minimum Gasteiger partial charge on any atom is -0.512 e. The van der Waals surface area contributed by atoms with Crippen LogP contribution in [0.25, 0.3) is 0 Å². The van der Waals surface area contributed by atoms with Gasteiger partial charge in [-0.1, -0.05) is 23.7 Å². The molecule has 1 aromatic carbocycles. The van der Waals surface area contributed by atoms with Crippen LogP contribution in [0.2, 0.25) is 5.02 Å². The Hall–Kier alpha value is -1.81. The largest absolute Gasteiger partial charge is 0.512 e. The SMILES string of the molecule is CCOC(=O)/C(C(=N)c1ccc(Cl)cc1)=C(\C)O. The number of allylic oxidation sites excluding steroid dienone is 1. The lowest BCUT2D eigenvalue weighted by molar-refractivity contribution is -0.138. The molecule has 96 valence electrons. The van der Waals surface area contributed by atoms with Gasteiger partial charge in [-0.2, -0.15) is 0 Å². The molecule has 5 heteroatoms. The third-order valence-corrected chi connectivity index (χ3v) is 2.48. The Balaban J connectivity index is 3.09. The highest BCUT2D eigenvalue weighted by Crippen LogP contribution is 2.16. The second-order valence-corrected chi connectivity index (χ2v) is 4.00. The van der Waals surface area contributed by atoms with E-state index >= 15 is 0 Å². The van der Waals surface area contributed by atoms with Crippen LogP contribution in [-0.2, 0) is 9.53 Å². The number of hydrogen-bond acceptors (Lipinski definition) is 4. The first kappa shape index (κ1) is 14.3. The molecule has 1 rings (SSSR count). The summed E-state index contributed by atoms with van der Waals surface area (Å²) in [7, 11) is 0. The summed E-state index contributed by atoms with van der Waals surface area (Å²) in [4.78, 5) is 11.7. The van der Waals surface area contributed by atoms with Gasteiger partial charge in [0.25, 0.3) is 0 Å². The molecule has 0 saturated carbocycles. The lowest BCUT2D eigenvalue weighted by Crippen LogP contribution is -2.18. The van der Waals surface area contributed by atoms with Crippen molar-refractivity contribution >= 4 is 23.3 Å². The van der Waals surface area contributed by atoms with E-state index in [1.54, 1.807) is 31.2 Å². The lowest BCUT2D eigenvalue weighted by Gasteiger charge is -2.09. The highest BCUT2D eigenvalue weighted by Gasteiger charge is 2.20. The Morgan fingerprint density at radius 3 is 2.39 bits per heavy atom. The molecule has 0 fully saturated rings. The first-order valence-corrected chi connectivity index (χ1v) is 5.77. The Bertz CT molecular complexity index is 487. The van der Waals surface area contributed by atoms with E-state index in [4.69, 9.17) is 21.7 Å². The third-order valence-electron chi connectivity index (χ3n) is 2.22. The monoisotopic (exact) mass is 267 g/mol. The smallest absolute Gasteiger partial charge is 0.343 e. The van der Waals surface area contributed by atoms with E-state index in [2.05, 4.69) is 0 Å². The number of halogens is 1. The van der Waals surface area contributed by atoms with E-state index in [0.29, 0.717) is 10.6 Å². The number of carbonyl (C=O) groups excluding carboxylic acids is 1. The number of nitrogens with one attached hydrogen (secondary N) is 1. The molecule has 0 aliphatic heterocycles. The fourth-order valence-electron chi connectivity index (χ4n) is 1.39. The van der Waals surface area contributed by atoms with E-state index < -0.39 is 5.97 Å². The van der Waals surface area contributed by atoms with Gasteiger partial charge in [-0.05, 0) is 26.0 Å². The van der Waals surface area contributed by atoms with Crippen LogP contribution in [0.4, 0.5) is 0 Å². The summed E-state index contributed by atoms with van der Waals surface area (Å²) in [6.07, 6.45) is 0. The molecule has 4 nitrogen and oxygen atoms in total. The summed E-state index contributed by atoms with van der Waals surface area (Å²) in [6, 6.07) is 6.43. The molecule has 0 heterocycles. The molecule has 0 unspecified atom stereocenters. The summed E-state index contributed by atoms with van der Waals surface area (Å²) < 4.78 is 4.81. The van der Waals surface area contributed by atoms with E-state index in [0.717, 1.165) is 0 Å². The minimum absolute atomic E-state index is 0.0925. The number of hydrogen-bond donors (Lipinski definition) is 2. The summed E-state index contributed by atoms with van der Waals surface area (Å²) >= 11 is 5.75. The van der Waals surface area contributed by atoms with Gasteiger partial charge < -0.3 is 9.84 Å². The highest BCUT2D eigenvalue weighted by atomic mass is 35.5. The van der Waals surface area contributed by atoms with E-state index in [1.165, 1.54) is 6.92 Å². The molecule has 0 aliphatic carbocycles. The fourth-order valence-corrected chi connectivity index (χ4v) is 1.52. The van der Waals surface area contributed by atoms with Crippen LogP contribution >= 0.6 is 11.6 Å². The van der Waals surface area contributed by atoms with Crippen molar-refractivity contribution in [2.75, 3.05) is 6.61 Å². The second kappa shape index (κ2) is 6.21. The maximum absolute atomic E-state index is 11.7. The van der Waals surface area contributed by atoms with Gasteiger partial charge in [-0.25, -0.2) is 4.79 Å². The van der Waals surface area contributed by atoms with Gasteiger partial charge in [0.2, 0.25) is 0 Å². The quantitative estimate of drug-likeness (QED) is 0.381. The summed E-state index contributed by atoms with van der Waals surface area (Å²) in [6.45, 7) is 3.19. The van der Waals surface area contributed by atoms with Crippen molar-refractivity contribution in [3.05, 3.63) is 46.2 Å². The first-order valence-electron chi connectivity index (χ1n) is 5.39. The van der Waals surface area contributed by atoms with Crippen LogP contribution in [-0.4, -0.2) is 23.4 Å². The highest BCUT2D eigenvalue weighted by molar-refractivity contribution is 6.31. The summed E-state index contributed by atoms with van der Waals surface area (Å²) in [5, 5.41) is 18.0. The van der Waals surface area contributed by atoms with Crippen LogP contribution in [0.5, 0.6) is 0 Å². The molecule has 0 radical (unpaired) electrons. The van der Waals surface area contributed by atoms with Crippen LogP contribution in [0.15, 0.2) is 35.6 Å². The number of aliphatic hydroxyl groups is 1. The van der Waals surface area contributed by atoms with Gasteiger partial charge in [-0.15, -0.1) is 0 Å². The normalized spacial score (nSPS) is 11.7. The van der Waals surface area contributed by atoms with E-state index in [-0.39, 0.29) is 23.7 Å². The topological polar surface area (TPSA) is 70.4 Å². The fraction of sp³-hybridized carbons (Fsp3) is 0.231. The van der Waals surface area contributed by atoms with Gasteiger partial charge in [0, 0.05) is 10.6 Å². The molecular formula is C13H14ClNO3. The predicted octanol–water partition coefficient (Wildman–Crippen LogP) is 3.10. The molecule has 0 aromatic heterocycles. The Morgan fingerprint density at radius 2 is 1.94 bits per heavy atom. The van der Waals surface area contributed by atoms with Crippen molar-refractivity contribution in [1.29, 1.82) is 5.41 Å². The number of rotatable bonds is 4. The molecule has 2 N–H and O–H groups in total. The number of esters is 1. The number of carbonyl (C=O) groups is 1. The van der Waals surface area contributed by atoms with Gasteiger partial charge >= 0.3 is 5.97 Å². The Labute approximate surface area is 110 Å². The maximum Gasteiger partial charge on any atom is 0.343 e. The zero-order valence-electron chi connectivity index (χ0n) is 10.2. The molecule has 0 saturated heterocycles. The zero-order chi connectivity index (χ0) is 13.7. The molecule has 18 heavy (non-hydrogen) atoms. The zero-order valence-corrected chi connectivity index (χ0v) is 10.9. The molecular weight excluding hydrogens is 254 g/mol. The van der Waals surface area contributed by atoms with Crippen molar-refractivity contribution < 1.29 is 14.6 Å². The van der Waals surface area contributed by atoms with Gasteiger partial charge in [-0.3, -0.25) is 5.41 Å². The molecule has 0 spiro atoms. The number of aliphatic hydroxyl groups excluding tert-OH is 1. The summed E-state index contributed by atoms with van der Waals surface area (Å²) in [5.41, 5.74) is 0.250. The molecule has 0 bridgehead atoms. The Morgan fingerprint density at radius 1 is 1.39 bits per heavy atom. The van der Waals surface area contributed by atoms with Crippen molar-refractivity contribution in [2.24, 2.45) is 0 Å². The maximum atomic E-state index is 11.7. The van der Waals surface area contributed by atoms with Crippen LogP contribution in [0, 0.1) is 5.41 Å². The van der Waals surface area contributed by atoms with Crippen LogP contribution < -0.4 is 0 Å². The van der Waals surface area contributed by atoms with Crippen molar-refractivity contribution in [1.82, 2.24) is 0 Å². The van der Waals surface area contributed by atoms with Crippen molar-refractivity contribution in [3.63, 3.8) is 0 Å². The molecule has 0 amide bonds. The minimum atomic E-state index is -0.711. The first-order chi connectivity index (χ1) is 8.47. The van der Waals surface area contributed by atoms with Crippen LogP contribution in [0.1, 0.15) is 19.4 Å². The van der Waals surface area contributed by atoms with Gasteiger partial charge in [0.1, 0.15) is 11.3 Å². The number of benzene rings is 1. The second-order valence-electron chi connectivity index (χ2n) is 3.56. The lowest BCUT2D eigenvalue weighted by atomic mass is 10.0. The third kappa shape index (κ3) is 3.34. The van der Waals surface area contributed by atoms with Crippen molar-refractivity contribution in [2.45, 2.75) is 13.8 Å². The van der Waals surface area contributed by atoms with Gasteiger partial charge in [0.05, 0.1) is 12.3 Å². The number of ether oxygens (including phenoxy) is 1. The average Bonchev–Trinajstić information content (AvgIpc) is 2.29. The van der Waals surface area contributed by atoms with E-state index in [1.807, 2.05) is 0 Å². The average molecular weight is 268 g/mol. The van der Waals surface area contributed by atoms with E-state index in [9.17, 15) is 9.90 Å². The standard InChI is InChI=1S/C13H14ClNO3/c1-3-18-13(17)11(8(2)16)12(15)9-4-6-10(14)7-5-9/h4-7,15-16H,3H2,1-2H3/b11-8+,15-12?. The predicted molar refractivity (Wildman–Crippen MR) is 70.2 cm³/mol.